The summed E-state index contributed by atoms with van der Waals surface area (Å²) in [4.78, 5) is 11.5. The molecule has 0 saturated heterocycles. The molecule has 2 N–H and O–H groups in total. The monoisotopic (exact) mass is 298 g/mol. The third kappa shape index (κ3) is 2.70. The average Bonchev–Trinajstić information content (AvgIpc) is 2.64. The summed E-state index contributed by atoms with van der Waals surface area (Å²) in [6.45, 7) is 0.800. The smallest absolute Gasteiger partial charge is 0.149 e. The van der Waals surface area contributed by atoms with Crippen LogP contribution in [0.1, 0.15) is 4.88 Å². The van der Waals surface area contributed by atoms with E-state index in [1.165, 1.54) is 4.88 Å². The van der Waals surface area contributed by atoms with Crippen molar-refractivity contribution in [2.75, 3.05) is 17.7 Å². The molecular formula is C10H11BrN4S. The molecule has 0 spiro atoms. The Labute approximate surface area is 106 Å². The highest BCUT2D eigenvalue weighted by Gasteiger charge is 2.06. The van der Waals surface area contributed by atoms with Gasteiger partial charge in [0.05, 0.1) is 18.9 Å². The van der Waals surface area contributed by atoms with Gasteiger partial charge in [-0.25, -0.2) is 4.98 Å². The van der Waals surface area contributed by atoms with E-state index in [1.54, 1.807) is 23.7 Å². The zero-order valence-corrected chi connectivity index (χ0v) is 11.1. The summed E-state index contributed by atoms with van der Waals surface area (Å²) in [5.41, 5.74) is 5.59. The zero-order valence-electron chi connectivity index (χ0n) is 8.72. The second kappa shape index (κ2) is 4.80. The number of nitrogens with zero attached hydrogens (tertiary/aromatic N) is 3. The number of hydrogen-bond acceptors (Lipinski definition) is 5. The van der Waals surface area contributed by atoms with E-state index in [2.05, 4.69) is 37.3 Å². The molecule has 0 aliphatic rings. The number of thiophene rings is 1. The maximum atomic E-state index is 5.59. The largest absolute Gasteiger partial charge is 0.382 e. The summed E-state index contributed by atoms with van der Waals surface area (Å²) in [6, 6.07) is 2.10. The molecule has 6 heteroatoms. The number of hydrogen-bond donors (Lipinski definition) is 1. The van der Waals surface area contributed by atoms with Crippen molar-refractivity contribution in [3.05, 3.63) is 33.2 Å². The summed E-state index contributed by atoms with van der Waals surface area (Å²) >= 11 is 5.14. The van der Waals surface area contributed by atoms with Crippen LogP contribution in [0.3, 0.4) is 0 Å². The molecular weight excluding hydrogens is 288 g/mol. The van der Waals surface area contributed by atoms with Gasteiger partial charge >= 0.3 is 0 Å². The van der Waals surface area contributed by atoms with Gasteiger partial charge in [-0.2, -0.15) is 0 Å². The molecule has 0 saturated carbocycles. The van der Waals surface area contributed by atoms with Crippen molar-refractivity contribution in [2.45, 2.75) is 6.54 Å². The molecule has 0 atom stereocenters. The summed E-state index contributed by atoms with van der Waals surface area (Å²) < 4.78 is 1.11. The van der Waals surface area contributed by atoms with Gasteiger partial charge in [0.1, 0.15) is 11.6 Å². The number of anilines is 2. The van der Waals surface area contributed by atoms with Crippen LogP contribution in [0.5, 0.6) is 0 Å². The fourth-order valence-electron chi connectivity index (χ4n) is 1.31. The van der Waals surface area contributed by atoms with Crippen LogP contribution in [0, 0.1) is 0 Å². The van der Waals surface area contributed by atoms with Gasteiger partial charge in [-0.3, -0.25) is 4.98 Å². The van der Waals surface area contributed by atoms with E-state index in [0.717, 1.165) is 16.8 Å². The second-order valence-corrected chi connectivity index (χ2v) is 5.30. The van der Waals surface area contributed by atoms with Gasteiger partial charge in [0, 0.05) is 21.8 Å². The number of halogens is 1. The van der Waals surface area contributed by atoms with Crippen LogP contribution < -0.4 is 10.6 Å². The molecule has 0 unspecified atom stereocenters. The van der Waals surface area contributed by atoms with Crippen LogP contribution in [0.25, 0.3) is 0 Å². The van der Waals surface area contributed by atoms with Crippen LogP contribution in [0.15, 0.2) is 28.3 Å². The van der Waals surface area contributed by atoms with Crippen molar-refractivity contribution in [3.8, 4) is 0 Å². The van der Waals surface area contributed by atoms with Crippen molar-refractivity contribution in [1.29, 1.82) is 0 Å². The number of rotatable bonds is 3. The molecule has 0 aliphatic carbocycles. The minimum absolute atomic E-state index is 0.441. The van der Waals surface area contributed by atoms with Crippen LogP contribution in [-0.2, 0) is 6.54 Å². The van der Waals surface area contributed by atoms with Crippen LogP contribution in [0.2, 0.25) is 0 Å². The van der Waals surface area contributed by atoms with Crippen LogP contribution in [0.4, 0.5) is 11.6 Å². The topological polar surface area (TPSA) is 55.0 Å². The standard InChI is InChI=1S/C10H11BrN4S/c1-15(5-8-2-7(11)6-16-8)10-4-13-3-9(12)14-10/h2-4,6H,5H2,1H3,(H2,12,14). The highest BCUT2D eigenvalue weighted by Crippen LogP contribution is 2.22. The fourth-order valence-corrected chi connectivity index (χ4v) is 2.81. The minimum Gasteiger partial charge on any atom is -0.382 e. The van der Waals surface area contributed by atoms with E-state index in [-0.39, 0.29) is 0 Å². The second-order valence-electron chi connectivity index (χ2n) is 3.39. The average molecular weight is 299 g/mol. The van der Waals surface area contributed by atoms with Gasteiger partial charge in [-0.1, -0.05) is 0 Å². The molecule has 4 nitrogen and oxygen atoms in total. The third-order valence-corrected chi connectivity index (χ3v) is 3.73. The van der Waals surface area contributed by atoms with E-state index >= 15 is 0 Å². The Morgan fingerprint density at radius 1 is 1.50 bits per heavy atom. The van der Waals surface area contributed by atoms with E-state index in [9.17, 15) is 0 Å². The molecule has 2 aromatic heterocycles. The van der Waals surface area contributed by atoms with E-state index in [4.69, 9.17) is 5.73 Å². The Bertz CT molecular complexity index is 485. The molecule has 2 aromatic rings. The molecule has 2 heterocycles. The third-order valence-electron chi connectivity index (χ3n) is 2.05. The van der Waals surface area contributed by atoms with Crippen molar-refractivity contribution >= 4 is 38.9 Å². The lowest BCUT2D eigenvalue weighted by Crippen LogP contribution is -2.17. The first kappa shape index (κ1) is 11.3. The Balaban J connectivity index is 2.11. The predicted octanol–water partition coefficient (Wildman–Crippen LogP) is 2.52. The minimum atomic E-state index is 0.441. The van der Waals surface area contributed by atoms with Gasteiger partial charge in [-0.05, 0) is 22.0 Å². The molecule has 84 valence electrons. The Hall–Kier alpha value is -1.14. The Kier molecular flexibility index (Phi) is 3.40. The first-order valence-electron chi connectivity index (χ1n) is 4.67. The fraction of sp³-hybridized carbons (Fsp3) is 0.200. The van der Waals surface area contributed by atoms with E-state index in [1.807, 2.05) is 11.9 Å². The van der Waals surface area contributed by atoms with Crippen molar-refractivity contribution in [1.82, 2.24) is 9.97 Å². The first-order chi connectivity index (χ1) is 7.65. The lowest BCUT2D eigenvalue weighted by atomic mass is 10.4. The summed E-state index contributed by atoms with van der Waals surface area (Å²) in [7, 11) is 1.97. The number of nitrogen functional groups attached to an aromatic ring is 1. The van der Waals surface area contributed by atoms with Gasteiger partial charge in [0.2, 0.25) is 0 Å². The lowest BCUT2D eigenvalue weighted by molar-refractivity contribution is 0.905. The molecule has 0 amide bonds. The van der Waals surface area contributed by atoms with Crippen molar-refractivity contribution in [2.24, 2.45) is 0 Å². The predicted molar refractivity (Wildman–Crippen MR) is 70.6 cm³/mol. The van der Waals surface area contributed by atoms with Crippen LogP contribution in [-0.4, -0.2) is 17.0 Å². The molecule has 0 fully saturated rings. The molecule has 0 radical (unpaired) electrons. The van der Waals surface area contributed by atoms with Gasteiger partial charge < -0.3 is 10.6 Å². The molecule has 0 aliphatic heterocycles. The zero-order chi connectivity index (χ0) is 11.5. The normalized spacial score (nSPS) is 10.4. The van der Waals surface area contributed by atoms with Gasteiger partial charge in [0.25, 0.3) is 0 Å². The maximum absolute atomic E-state index is 5.59. The number of aromatic nitrogens is 2. The highest BCUT2D eigenvalue weighted by molar-refractivity contribution is 9.10. The Morgan fingerprint density at radius 2 is 2.31 bits per heavy atom. The quantitative estimate of drug-likeness (QED) is 0.946. The van der Waals surface area contributed by atoms with E-state index in [0.29, 0.717) is 5.82 Å². The SMILES string of the molecule is CN(Cc1cc(Br)cs1)c1cncc(N)n1. The van der Waals surface area contributed by atoms with Crippen molar-refractivity contribution < 1.29 is 0 Å². The maximum Gasteiger partial charge on any atom is 0.149 e. The Morgan fingerprint density at radius 3 is 2.94 bits per heavy atom. The first-order valence-corrected chi connectivity index (χ1v) is 6.34. The summed E-state index contributed by atoms with van der Waals surface area (Å²) in [5, 5.41) is 2.06. The van der Waals surface area contributed by atoms with Gasteiger partial charge in [0.15, 0.2) is 0 Å². The van der Waals surface area contributed by atoms with Gasteiger partial charge in [-0.15, -0.1) is 11.3 Å². The highest BCUT2D eigenvalue weighted by atomic mass is 79.9. The van der Waals surface area contributed by atoms with Crippen molar-refractivity contribution in [3.63, 3.8) is 0 Å². The summed E-state index contributed by atoms with van der Waals surface area (Å²) in [5.74, 6) is 1.22. The number of nitrogens with two attached hydrogens (primary N) is 1. The van der Waals surface area contributed by atoms with E-state index < -0.39 is 0 Å². The van der Waals surface area contributed by atoms with Crippen LogP contribution >= 0.6 is 27.3 Å². The lowest BCUT2D eigenvalue weighted by Gasteiger charge is -2.16. The molecule has 2 rings (SSSR count). The molecule has 0 aromatic carbocycles. The molecule has 16 heavy (non-hydrogen) atoms. The molecule has 0 bridgehead atoms. The summed E-state index contributed by atoms with van der Waals surface area (Å²) in [6.07, 6.45) is 3.25.